The van der Waals surface area contributed by atoms with Crippen LogP contribution in [0.15, 0.2) is 12.3 Å². The second-order valence-corrected chi connectivity index (χ2v) is 5.69. The van der Waals surface area contributed by atoms with Gasteiger partial charge < -0.3 is 15.4 Å². The predicted octanol–water partition coefficient (Wildman–Crippen LogP) is 2.47. The molecule has 0 aromatic carbocycles. The van der Waals surface area contributed by atoms with Gasteiger partial charge in [0.25, 0.3) is 0 Å². The maximum Gasteiger partial charge on any atom is 0.340 e. The summed E-state index contributed by atoms with van der Waals surface area (Å²) in [5, 5.41) is 0. The number of aromatic nitrogens is 1. The van der Waals surface area contributed by atoms with E-state index in [1.807, 2.05) is 0 Å². The van der Waals surface area contributed by atoms with Gasteiger partial charge in [0.15, 0.2) is 5.82 Å². The normalized spacial score (nSPS) is 14.4. The Morgan fingerprint density at radius 3 is 2.80 bits per heavy atom. The molecule has 0 bridgehead atoms. The van der Waals surface area contributed by atoms with Crippen molar-refractivity contribution in [2.75, 3.05) is 24.3 Å². The summed E-state index contributed by atoms with van der Waals surface area (Å²) in [4.78, 5) is 18.3. The minimum atomic E-state index is -0.411. The minimum absolute atomic E-state index is 0.396. The summed E-state index contributed by atoms with van der Waals surface area (Å²) in [6.07, 6.45) is 5.05. The van der Waals surface area contributed by atoms with E-state index >= 15 is 0 Å². The van der Waals surface area contributed by atoms with E-state index in [1.165, 1.54) is 20.0 Å². The number of nitrogens with zero attached hydrogens (tertiary/aromatic N) is 2. The number of anilines is 2. The van der Waals surface area contributed by atoms with E-state index in [2.05, 4.69) is 23.7 Å². The highest BCUT2D eigenvalue weighted by atomic mass is 16.5. The van der Waals surface area contributed by atoms with Crippen LogP contribution in [-0.2, 0) is 4.74 Å². The third-order valence-corrected chi connectivity index (χ3v) is 3.58. The molecule has 110 valence electrons. The largest absolute Gasteiger partial charge is 0.465 e. The summed E-state index contributed by atoms with van der Waals surface area (Å²) in [5.74, 6) is 0.933. The van der Waals surface area contributed by atoms with Gasteiger partial charge in [-0.3, -0.25) is 0 Å². The zero-order valence-electron chi connectivity index (χ0n) is 12.4. The van der Waals surface area contributed by atoms with Gasteiger partial charge in [-0.2, -0.15) is 0 Å². The first-order valence-corrected chi connectivity index (χ1v) is 7.14. The highest BCUT2D eigenvalue weighted by Crippen LogP contribution is 2.35. The van der Waals surface area contributed by atoms with Gasteiger partial charge in [-0.1, -0.05) is 13.8 Å². The Kier molecular flexibility index (Phi) is 4.47. The summed E-state index contributed by atoms with van der Waals surface area (Å²) in [6.45, 7) is 5.32. The summed E-state index contributed by atoms with van der Waals surface area (Å²) >= 11 is 0. The number of hydrogen-bond acceptors (Lipinski definition) is 5. The highest BCUT2D eigenvalue weighted by molar-refractivity contribution is 5.97. The maximum absolute atomic E-state index is 11.7. The van der Waals surface area contributed by atoms with E-state index in [0.29, 0.717) is 23.2 Å². The Morgan fingerprint density at radius 2 is 2.25 bits per heavy atom. The van der Waals surface area contributed by atoms with Crippen molar-refractivity contribution in [2.45, 2.75) is 39.2 Å². The van der Waals surface area contributed by atoms with Crippen LogP contribution in [-0.4, -0.2) is 30.6 Å². The molecule has 1 aliphatic carbocycles. The second-order valence-electron chi connectivity index (χ2n) is 5.69. The second kappa shape index (κ2) is 6.11. The van der Waals surface area contributed by atoms with Crippen LogP contribution in [0.1, 0.15) is 43.5 Å². The standard InChI is InChI=1S/C15H23N3O2/c1-10(2)7-9-18(11-4-5-11)14-13(16)12(6-8-17-14)15(19)20-3/h6,8,10-11H,4-5,7,9,16H2,1-3H3. The lowest BCUT2D eigenvalue weighted by atomic mass is 10.1. The Morgan fingerprint density at radius 1 is 1.55 bits per heavy atom. The lowest BCUT2D eigenvalue weighted by molar-refractivity contribution is 0.0602. The molecule has 1 fully saturated rings. The molecule has 0 atom stereocenters. The molecule has 0 spiro atoms. The van der Waals surface area contributed by atoms with Crippen molar-refractivity contribution < 1.29 is 9.53 Å². The number of esters is 1. The van der Waals surface area contributed by atoms with Crippen molar-refractivity contribution in [1.82, 2.24) is 4.98 Å². The maximum atomic E-state index is 11.7. The Labute approximate surface area is 120 Å². The van der Waals surface area contributed by atoms with Gasteiger partial charge in [-0.15, -0.1) is 0 Å². The molecule has 2 N–H and O–H groups in total. The number of methoxy groups -OCH3 is 1. The molecule has 0 amide bonds. The molecule has 5 nitrogen and oxygen atoms in total. The van der Waals surface area contributed by atoms with E-state index in [9.17, 15) is 4.79 Å². The van der Waals surface area contributed by atoms with Crippen LogP contribution < -0.4 is 10.6 Å². The van der Waals surface area contributed by atoms with Crippen LogP contribution in [0.3, 0.4) is 0 Å². The summed E-state index contributed by atoms with van der Waals surface area (Å²) < 4.78 is 4.76. The summed E-state index contributed by atoms with van der Waals surface area (Å²) in [7, 11) is 1.36. The predicted molar refractivity (Wildman–Crippen MR) is 79.8 cm³/mol. The lowest BCUT2D eigenvalue weighted by Gasteiger charge is -2.26. The fraction of sp³-hybridized carbons (Fsp3) is 0.600. The molecule has 0 saturated heterocycles. The Balaban J connectivity index is 2.26. The Bertz CT molecular complexity index is 484. The first-order valence-electron chi connectivity index (χ1n) is 7.14. The van der Waals surface area contributed by atoms with E-state index in [4.69, 9.17) is 10.5 Å². The van der Waals surface area contributed by atoms with Gasteiger partial charge in [-0.05, 0) is 31.2 Å². The van der Waals surface area contributed by atoms with Crippen molar-refractivity contribution in [1.29, 1.82) is 0 Å². The SMILES string of the molecule is COC(=O)c1ccnc(N(CCC(C)C)C2CC2)c1N. The van der Waals surface area contributed by atoms with Crippen LogP contribution >= 0.6 is 0 Å². The van der Waals surface area contributed by atoms with Gasteiger partial charge in [0.2, 0.25) is 0 Å². The molecule has 20 heavy (non-hydrogen) atoms. The number of nitrogens with two attached hydrogens (primary N) is 1. The first-order chi connectivity index (χ1) is 9.54. The molecule has 5 heteroatoms. The fourth-order valence-corrected chi connectivity index (χ4v) is 2.22. The zero-order valence-corrected chi connectivity index (χ0v) is 12.4. The van der Waals surface area contributed by atoms with Crippen molar-refractivity contribution in [2.24, 2.45) is 5.92 Å². The lowest BCUT2D eigenvalue weighted by Crippen LogP contribution is -2.30. The smallest absolute Gasteiger partial charge is 0.340 e. The third-order valence-electron chi connectivity index (χ3n) is 3.58. The number of carbonyl (C=O) groups excluding carboxylic acids is 1. The van der Waals surface area contributed by atoms with Crippen molar-refractivity contribution >= 4 is 17.5 Å². The van der Waals surface area contributed by atoms with Crippen LogP contribution in [0.25, 0.3) is 0 Å². The molecule has 1 heterocycles. The Hall–Kier alpha value is -1.78. The topological polar surface area (TPSA) is 68.5 Å². The van der Waals surface area contributed by atoms with Crippen LogP contribution in [0.2, 0.25) is 0 Å². The number of carbonyl (C=O) groups is 1. The van der Waals surface area contributed by atoms with Crippen LogP contribution in [0.4, 0.5) is 11.5 Å². The van der Waals surface area contributed by atoms with Gasteiger partial charge in [0.05, 0.1) is 18.4 Å². The van der Waals surface area contributed by atoms with E-state index in [0.717, 1.165) is 18.8 Å². The molecule has 2 rings (SSSR count). The average molecular weight is 277 g/mol. The fourth-order valence-electron chi connectivity index (χ4n) is 2.22. The average Bonchev–Trinajstić information content (AvgIpc) is 3.24. The summed E-state index contributed by atoms with van der Waals surface area (Å²) in [5.41, 5.74) is 6.95. The van der Waals surface area contributed by atoms with Crippen LogP contribution in [0, 0.1) is 5.92 Å². The van der Waals surface area contributed by atoms with E-state index < -0.39 is 5.97 Å². The summed E-state index contributed by atoms with van der Waals surface area (Å²) in [6, 6.07) is 2.12. The van der Waals surface area contributed by atoms with Gasteiger partial charge in [-0.25, -0.2) is 9.78 Å². The molecule has 0 aliphatic heterocycles. The molecular formula is C15H23N3O2. The zero-order chi connectivity index (χ0) is 14.7. The molecule has 0 radical (unpaired) electrons. The van der Waals surface area contributed by atoms with Crippen molar-refractivity contribution in [3.63, 3.8) is 0 Å². The van der Waals surface area contributed by atoms with E-state index in [1.54, 1.807) is 12.3 Å². The third kappa shape index (κ3) is 3.21. The van der Waals surface area contributed by atoms with Crippen molar-refractivity contribution in [3.05, 3.63) is 17.8 Å². The highest BCUT2D eigenvalue weighted by Gasteiger charge is 2.31. The number of hydrogen-bond donors (Lipinski definition) is 1. The van der Waals surface area contributed by atoms with Gasteiger partial charge in [0.1, 0.15) is 0 Å². The quantitative estimate of drug-likeness (QED) is 0.809. The van der Waals surface area contributed by atoms with E-state index in [-0.39, 0.29) is 0 Å². The molecule has 1 saturated carbocycles. The monoisotopic (exact) mass is 277 g/mol. The molecule has 1 aromatic heterocycles. The van der Waals surface area contributed by atoms with Gasteiger partial charge in [0, 0.05) is 18.8 Å². The molecular weight excluding hydrogens is 254 g/mol. The number of ether oxygens (including phenoxy) is 1. The minimum Gasteiger partial charge on any atom is -0.465 e. The first kappa shape index (κ1) is 14.6. The number of rotatable bonds is 6. The molecule has 1 aromatic rings. The molecule has 1 aliphatic rings. The van der Waals surface area contributed by atoms with Crippen molar-refractivity contribution in [3.8, 4) is 0 Å². The molecule has 0 unspecified atom stereocenters. The van der Waals surface area contributed by atoms with Crippen LogP contribution in [0.5, 0.6) is 0 Å². The van der Waals surface area contributed by atoms with Gasteiger partial charge >= 0.3 is 5.97 Å². The number of pyridine rings is 1. The number of nitrogen functional groups attached to an aromatic ring is 1.